The van der Waals surface area contributed by atoms with Crippen LogP contribution < -0.4 is 10.6 Å². The number of carbonyl (C=O) groups is 2. The van der Waals surface area contributed by atoms with Crippen molar-refractivity contribution in [3.05, 3.63) is 58.9 Å². The highest BCUT2D eigenvalue weighted by Crippen LogP contribution is 2.26. The third kappa shape index (κ3) is 4.62. The number of rotatable bonds is 4. The standard InChI is InChI=1S/C18H15ClFN3O2S/c1-10-5-6-13(8-14(10)20)22-18-23-17(25)15(26-18)9-16(24)21-12-4-2-3-11(19)7-12/h2-8,15H,9H2,1H3,(H,21,24)(H,22,23,25)/t15-/m0/s1. The minimum atomic E-state index is -0.594. The average Bonchev–Trinajstić information content (AvgIpc) is 2.90. The molecule has 0 spiro atoms. The van der Waals surface area contributed by atoms with Gasteiger partial charge in [-0.3, -0.25) is 9.59 Å². The van der Waals surface area contributed by atoms with Crippen molar-refractivity contribution in [3.8, 4) is 0 Å². The molecule has 1 aliphatic rings. The summed E-state index contributed by atoms with van der Waals surface area (Å²) in [5, 5.41) is 5.58. The van der Waals surface area contributed by atoms with Gasteiger partial charge in [0.2, 0.25) is 11.8 Å². The molecule has 0 unspecified atom stereocenters. The number of aryl methyl sites for hydroxylation is 1. The van der Waals surface area contributed by atoms with Gasteiger partial charge in [-0.1, -0.05) is 35.5 Å². The highest BCUT2D eigenvalue weighted by Gasteiger charge is 2.32. The van der Waals surface area contributed by atoms with E-state index in [4.69, 9.17) is 11.6 Å². The van der Waals surface area contributed by atoms with Crippen molar-refractivity contribution in [2.45, 2.75) is 18.6 Å². The number of nitrogens with one attached hydrogen (secondary N) is 2. The molecule has 2 amide bonds. The summed E-state index contributed by atoms with van der Waals surface area (Å²) < 4.78 is 13.6. The molecule has 0 aliphatic carbocycles. The summed E-state index contributed by atoms with van der Waals surface area (Å²) in [7, 11) is 0. The Morgan fingerprint density at radius 3 is 2.88 bits per heavy atom. The van der Waals surface area contributed by atoms with Crippen LogP contribution in [0.25, 0.3) is 0 Å². The topological polar surface area (TPSA) is 70.6 Å². The molecule has 2 N–H and O–H groups in total. The van der Waals surface area contributed by atoms with Crippen LogP contribution in [0, 0.1) is 12.7 Å². The van der Waals surface area contributed by atoms with Crippen LogP contribution in [0.15, 0.2) is 47.5 Å². The van der Waals surface area contributed by atoms with Crippen LogP contribution in [0.1, 0.15) is 12.0 Å². The third-order valence-corrected chi connectivity index (χ3v) is 4.96. The molecule has 3 rings (SSSR count). The Hall–Kier alpha value is -2.38. The van der Waals surface area contributed by atoms with E-state index in [1.165, 1.54) is 6.07 Å². The molecule has 0 radical (unpaired) electrons. The van der Waals surface area contributed by atoms with Gasteiger partial charge in [0.05, 0.1) is 5.69 Å². The Labute approximate surface area is 159 Å². The van der Waals surface area contributed by atoms with Gasteiger partial charge in [-0.2, -0.15) is 0 Å². The molecule has 1 fully saturated rings. The Morgan fingerprint density at radius 1 is 1.35 bits per heavy atom. The van der Waals surface area contributed by atoms with Crippen molar-refractivity contribution in [2.24, 2.45) is 4.99 Å². The van der Waals surface area contributed by atoms with Crippen molar-refractivity contribution in [1.29, 1.82) is 0 Å². The lowest BCUT2D eigenvalue weighted by atomic mass is 10.2. The first-order valence-electron chi connectivity index (χ1n) is 7.78. The number of hydrogen-bond donors (Lipinski definition) is 2. The summed E-state index contributed by atoms with van der Waals surface area (Å²) in [5.41, 5.74) is 1.49. The molecule has 0 bridgehead atoms. The summed E-state index contributed by atoms with van der Waals surface area (Å²) in [6.07, 6.45) is -0.00963. The second-order valence-electron chi connectivity index (χ2n) is 5.71. The second-order valence-corrected chi connectivity index (χ2v) is 7.34. The van der Waals surface area contributed by atoms with Crippen LogP contribution in [0.2, 0.25) is 5.02 Å². The van der Waals surface area contributed by atoms with Crippen molar-refractivity contribution in [3.63, 3.8) is 0 Å². The molecule has 0 saturated carbocycles. The molecule has 1 heterocycles. The molecule has 8 heteroatoms. The zero-order chi connectivity index (χ0) is 18.7. The highest BCUT2D eigenvalue weighted by atomic mass is 35.5. The molecule has 134 valence electrons. The number of carbonyl (C=O) groups excluding carboxylic acids is 2. The average molecular weight is 392 g/mol. The first-order valence-corrected chi connectivity index (χ1v) is 9.04. The van der Waals surface area contributed by atoms with Gasteiger partial charge in [-0.15, -0.1) is 0 Å². The second kappa shape index (κ2) is 7.88. The van der Waals surface area contributed by atoms with Crippen LogP contribution in [0.3, 0.4) is 0 Å². The van der Waals surface area contributed by atoms with E-state index in [1.54, 1.807) is 43.3 Å². The molecule has 0 aromatic heterocycles. The normalized spacial score (nSPS) is 18.0. The fourth-order valence-electron chi connectivity index (χ4n) is 2.31. The number of thioether (sulfide) groups is 1. The number of aliphatic imine (C=N–C) groups is 1. The van der Waals surface area contributed by atoms with Crippen molar-refractivity contribution >= 4 is 51.7 Å². The highest BCUT2D eigenvalue weighted by molar-refractivity contribution is 8.15. The van der Waals surface area contributed by atoms with E-state index >= 15 is 0 Å². The molecule has 26 heavy (non-hydrogen) atoms. The maximum Gasteiger partial charge on any atom is 0.240 e. The molecule has 1 saturated heterocycles. The summed E-state index contributed by atoms with van der Waals surface area (Å²) in [5.74, 6) is -0.969. The monoisotopic (exact) mass is 391 g/mol. The van der Waals surface area contributed by atoms with Gasteiger partial charge in [0.25, 0.3) is 0 Å². The van der Waals surface area contributed by atoms with Crippen molar-refractivity contribution in [1.82, 2.24) is 5.32 Å². The van der Waals surface area contributed by atoms with E-state index < -0.39 is 5.25 Å². The maximum absolute atomic E-state index is 13.6. The van der Waals surface area contributed by atoms with E-state index in [0.29, 0.717) is 27.1 Å². The van der Waals surface area contributed by atoms with E-state index in [0.717, 1.165) is 11.8 Å². The molecular formula is C18H15ClFN3O2S. The quantitative estimate of drug-likeness (QED) is 0.826. The number of amides is 2. The van der Waals surface area contributed by atoms with Crippen LogP contribution in [0.5, 0.6) is 0 Å². The molecule has 5 nitrogen and oxygen atoms in total. The van der Waals surface area contributed by atoms with Gasteiger partial charge in [0.1, 0.15) is 11.1 Å². The lowest BCUT2D eigenvalue weighted by Crippen LogP contribution is -2.28. The SMILES string of the molecule is Cc1ccc(N=C2NC(=O)[C@H](CC(=O)Nc3cccc(Cl)c3)S2)cc1F. The summed E-state index contributed by atoms with van der Waals surface area (Å²) in [6, 6.07) is 11.3. The lowest BCUT2D eigenvalue weighted by Gasteiger charge is -2.07. The van der Waals surface area contributed by atoms with Gasteiger partial charge in [0.15, 0.2) is 5.17 Å². The molecule has 2 aromatic rings. The van der Waals surface area contributed by atoms with E-state index in [9.17, 15) is 14.0 Å². The van der Waals surface area contributed by atoms with Gasteiger partial charge < -0.3 is 10.6 Å². The number of benzene rings is 2. The minimum absolute atomic E-state index is 0.00963. The van der Waals surface area contributed by atoms with Crippen molar-refractivity contribution < 1.29 is 14.0 Å². The summed E-state index contributed by atoms with van der Waals surface area (Å²) >= 11 is 7.02. The Kier molecular flexibility index (Phi) is 5.58. The number of halogens is 2. The largest absolute Gasteiger partial charge is 0.326 e. The predicted molar refractivity (Wildman–Crippen MR) is 102 cm³/mol. The van der Waals surface area contributed by atoms with Crippen LogP contribution in [-0.2, 0) is 9.59 Å². The predicted octanol–water partition coefficient (Wildman–Crippen LogP) is 4.04. The van der Waals surface area contributed by atoms with Gasteiger partial charge >= 0.3 is 0 Å². The minimum Gasteiger partial charge on any atom is -0.326 e. The Morgan fingerprint density at radius 2 is 2.15 bits per heavy atom. The first-order chi connectivity index (χ1) is 12.4. The smallest absolute Gasteiger partial charge is 0.240 e. The number of anilines is 1. The zero-order valence-electron chi connectivity index (χ0n) is 13.8. The molecular weight excluding hydrogens is 377 g/mol. The number of nitrogens with zero attached hydrogens (tertiary/aromatic N) is 1. The zero-order valence-corrected chi connectivity index (χ0v) is 15.3. The lowest BCUT2D eigenvalue weighted by molar-refractivity contribution is -0.122. The van der Waals surface area contributed by atoms with E-state index in [2.05, 4.69) is 15.6 Å². The van der Waals surface area contributed by atoms with E-state index in [-0.39, 0.29) is 24.1 Å². The molecule has 1 aliphatic heterocycles. The van der Waals surface area contributed by atoms with Crippen LogP contribution >= 0.6 is 23.4 Å². The fourth-order valence-corrected chi connectivity index (χ4v) is 3.49. The van der Waals surface area contributed by atoms with E-state index in [1.807, 2.05) is 0 Å². The van der Waals surface area contributed by atoms with Gasteiger partial charge in [0, 0.05) is 17.1 Å². The van der Waals surface area contributed by atoms with Gasteiger partial charge in [-0.05, 0) is 42.8 Å². The number of hydrogen-bond acceptors (Lipinski definition) is 4. The molecule has 1 atom stereocenters. The summed E-state index contributed by atoms with van der Waals surface area (Å²) in [4.78, 5) is 28.4. The molecule has 2 aromatic carbocycles. The maximum atomic E-state index is 13.6. The number of amidine groups is 1. The van der Waals surface area contributed by atoms with Crippen LogP contribution in [-0.4, -0.2) is 22.2 Å². The van der Waals surface area contributed by atoms with Gasteiger partial charge in [-0.25, -0.2) is 9.38 Å². The Balaban J connectivity index is 1.63. The van der Waals surface area contributed by atoms with Crippen LogP contribution in [0.4, 0.5) is 15.8 Å². The van der Waals surface area contributed by atoms with Crippen molar-refractivity contribution in [2.75, 3.05) is 5.32 Å². The summed E-state index contributed by atoms with van der Waals surface area (Å²) in [6.45, 7) is 1.66. The Bertz CT molecular complexity index is 904. The first kappa shape index (κ1) is 18.4. The fraction of sp³-hybridized carbons (Fsp3) is 0.167. The third-order valence-electron chi connectivity index (χ3n) is 3.64.